The van der Waals surface area contributed by atoms with Crippen LogP contribution in [-0.4, -0.2) is 40.1 Å². The van der Waals surface area contributed by atoms with Gasteiger partial charge in [-0.05, 0) is 67.8 Å². The van der Waals surface area contributed by atoms with Crippen LogP contribution in [0.25, 0.3) is 5.69 Å². The second-order valence-electron chi connectivity index (χ2n) is 11.4. The highest BCUT2D eigenvalue weighted by Crippen LogP contribution is 2.46. The molecule has 240 valence electrons. The monoisotopic (exact) mass is 644 g/mol. The fourth-order valence-corrected chi connectivity index (χ4v) is 5.89. The third-order valence-corrected chi connectivity index (χ3v) is 8.51. The first-order valence-electron chi connectivity index (χ1n) is 14.9. The molecule has 0 radical (unpaired) electrons. The van der Waals surface area contributed by atoms with E-state index in [1.54, 1.807) is 41.9 Å². The molecule has 1 fully saturated rings. The summed E-state index contributed by atoms with van der Waals surface area (Å²) in [6.07, 6.45) is -3.85. The molecule has 6 rings (SSSR count). The molecule has 0 saturated heterocycles. The van der Waals surface area contributed by atoms with Crippen molar-refractivity contribution >= 4 is 23.5 Å². The summed E-state index contributed by atoms with van der Waals surface area (Å²) in [6.45, 7) is 1.71. The van der Waals surface area contributed by atoms with E-state index >= 15 is 0 Å². The minimum absolute atomic E-state index is 0.125. The number of alkyl halides is 3. The molecule has 0 spiro atoms. The third-order valence-electron chi connectivity index (χ3n) is 8.51. The number of carbonyl (C=O) groups excluding carboxylic acids is 3. The van der Waals surface area contributed by atoms with Crippen LogP contribution in [0.15, 0.2) is 78.9 Å². The zero-order valence-corrected chi connectivity index (χ0v) is 25.0. The quantitative estimate of drug-likeness (QED) is 0.254. The molecule has 2 heterocycles. The van der Waals surface area contributed by atoms with Crippen molar-refractivity contribution in [2.45, 2.75) is 44.4 Å². The first-order chi connectivity index (χ1) is 22.5. The van der Waals surface area contributed by atoms with Gasteiger partial charge >= 0.3 is 6.18 Å². The zero-order valence-electron chi connectivity index (χ0n) is 25.0. The van der Waals surface area contributed by atoms with E-state index < -0.39 is 52.7 Å². The largest absolute Gasteiger partial charge is 0.416 e. The van der Waals surface area contributed by atoms with E-state index in [1.165, 1.54) is 35.2 Å². The molecule has 1 aromatic heterocycles. The second-order valence-corrected chi connectivity index (χ2v) is 11.4. The van der Waals surface area contributed by atoms with Crippen LogP contribution in [0.1, 0.15) is 58.4 Å². The predicted molar refractivity (Wildman–Crippen MR) is 162 cm³/mol. The molecule has 2 unspecified atom stereocenters. The Morgan fingerprint density at radius 2 is 1.74 bits per heavy atom. The molecule has 2 atom stereocenters. The number of para-hydroxylation sites is 1. The average Bonchev–Trinajstić information content (AvgIpc) is 3.79. The van der Waals surface area contributed by atoms with Crippen LogP contribution in [0.4, 0.5) is 23.4 Å². The van der Waals surface area contributed by atoms with Crippen LogP contribution in [-0.2, 0) is 22.3 Å². The van der Waals surface area contributed by atoms with Gasteiger partial charge in [-0.15, -0.1) is 0 Å². The molecule has 13 heteroatoms. The molecule has 4 aromatic rings. The van der Waals surface area contributed by atoms with E-state index in [-0.39, 0.29) is 18.7 Å². The predicted octanol–water partition coefficient (Wildman–Crippen LogP) is 5.25. The fourth-order valence-electron chi connectivity index (χ4n) is 5.89. The Morgan fingerprint density at radius 1 is 1.04 bits per heavy atom. The molecule has 2 aliphatic rings. The fraction of sp³-hybridized carbons (Fsp3) is 0.265. The average molecular weight is 645 g/mol. The summed E-state index contributed by atoms with van der Waals surface area (Å²) in [7, 11) is 0. The van der Waals surface area contributed by atoms with Gasteiger partial charge in [0.05, 0.1) is 29.6 Å². The summed E-state index contributed by atoms with van der Waals surface area (Å²) >= 11 is 0. The number of amides is 3. The summed E-state index contributed by atoms with van der Waals surface area (Å²) in [5.74, 6) is -3.14. The van der Waals surface area contributed by atoms with Crippen molar-refractivity contribution in [2.75, 3.05) is 11.4 Å². The normalized spacial score (nSPS) is 18.2. The molecule has 47 heavy (non-hydrogen) atoms. The van der Waals surface area contributed by atoms with Crippen LogP contribution in [0.2, 0.25) is 0 Å². The maximum Gasteiger partial charge on any atom is 0.416 e. The third kappa shape index (κ3) is 5.82. The summed E-state index contributed by atoms with van der Waals surface area (Å²) < 4.78 is 56.1. The number of carbonyl (C=O) groups is 3. The molecule has 3 aromatic carbocycles. The molecule has 0 bridgehead atoms. The maximum atomic E-state index is 14.3. The van der Waals surface area contributed by atoms with E-state index in [1.807, 2.05) is 0 Å². The number of nitrogens with one attached hydrogen (secondary N) is 2. The molecule has 1 saturated carbocycles. The molecule has 3 amide bonds. The minimum atomic E-state index is -4.70. The number of anilines is 1. The number of nitriles is 1. The van der Waals surface area contributed by atoms with Crippen LogP contribution < -0.4 is 15.5 Å². The number of rotatable bonds is 8. The summed E-state index contributed by atoms with van der Waals surface area (Å²) in [5, 5.41) is 19.8. The van der Waals surface area contributed by atoms with Crippen molar-refractivity contribution in [1.29, 1.82) is 5.26 Å². The number of hydrogen-bond donors (Lipinski definition) is 2. The highest BCUT2D eigenvalue weighted by molar-refractivity contribution is 6.05. The van der Waals surface area contributed by atoms with Crippen molar-refractivity contribution in [3.63, 3.8) is 0 Å². The SMILES string of the molecule is CCN1C(=O)C(NC(=O)c2cccc(C(F)(F)F)c2)C(c2ccc(F)cc2)c2c(CNC(=O)C3(C#N)CC3)nn(-c3ccccc3)c21. The van der Waals surface area contributed by atoms with Gasteiger partial charge in [-0.3, -0.25) is 19.3 Å². The standard InChI is InChI=1S/C34H28F4N6O3/c1-2-43-30-27(25(18-40-32(47)33(19-39)15-16-33)42-44(30)24-9-4-3-5-10-24)26(20-11-13-23(35)14-12-20)28(31(43)46)41-29(45)21-7-6-8-22(17-21)34(36,37)38/h3-14,17,26,28H,2,15-16,18H2,1H3,(H,40,47)(H,41,45). The van der Waals surface area contributed by atoms with E-state index in [0.29, 0.717) is 47.2 Å². The van der Waals surface area contributed by atoms with E-state index in [4.69, 9.17) is 5.10 Å². The van der Waals surface area contributed by atoms with Crippen LogP contribution in [0.5, 0.6) is 0 Å². The molecule has 9 nitrogen and oxygen atoms in total. The van der Waals surface area contributed by atoms with Crippen LogP contribution in [0.3, 0.4) is 0 Å². The highest BCUT2D eigenvalue weighted by Gasteiger charge is 2.51. The molecule has 1 aliphatic carbocycles. The maximum absolute atomic E-state index is 14.3. The van der Waals surface area contributed by atoms with Crippen molar-refractivity contribution in [1.82, 2.24) is 20.4 Å². The topological polar surface area (TPSA) is 120 Å². The van der Waals surface area contributed by atoms with Gasteiger partial charge in [-0.1, -0.05) is 36.4 Å². The molecular formula is C34H28F4N6O3. The number of hydrogen-bond acceptors (Lipinski definition) is 5. The number of nitrogens with zero attached hydrogens (tertiary/aromatic N) is 4. The Hall–Kier alpha value is -5.51. The van der Waals surface area contributed by atoms with Crippen LogP contribution in [0, 0.1) is 22.6 Å². The summed E-state index contributed by atoms with van der Waals surface area (Å²) in [4.78, 5) is 42.2. The van der Waals surface area contributed by atoms with Gasteiger partial charge in [-0.2, -0.15) is 23.5 Å². The van der Waals surface area contributed by atoms with Gasteiger partial charge in [0.2, 0.25) is 5.91 Å². The lowest BCUT2D eigenvalue weighted by molar-refractivity contribution is -0.137. The lowest BCUT2D eigenvalue weighted by Gasteiger charge is -2.38. The Kier molecular flexibility index (Phi) is 8.05. The van der Waals surface area contributed by atoms with Crippen molar-refractivity contribution < 1.29 is 31.9 Å². The number of aromatic nitrogens is 2. The van der Waals surface area contributed by atoms with Gasteiger partial charge in [0.15, 0.2) is 0 Å². The second kappa shape index (κ2) is 12.0. The highest BCUT2D eigenvalue weighted by atomic mass is 19.4. The van der Waals surface area contributed by atoms with Gasteiger partial charge in [-0.25, -0.2) is 9.07 Å². The van der Waals surface area contributed by atoms with E-state index in [2.05, 4.69) is 16.7 Å². The minimum Gasteiger partial charge on any atom is -0.349 e. The van der Waals surface area contributed by atoms with E-state index in [9.17, 15) is 37.2 Å². The lowest BCUT2D eigenvalue weighted by atomic mass is 9.80. The Balaban J connectivity index is 1.50. The van der Waals surface area contributed by atoms with Crippen molar-refractivity contribution in [2.24, 2.45) is 5.41 Å². The van der Waals surface area contributed by atoms with Crippen molar-refractivity contribution in [3.05, 3.63) is 113 Å². The number of halogens is 4. The Labute approximate surface area is 266 Å². The van der Waals surface area contributed by atoms with Gasteiger partial charge in [0.1, 0.15) is 23.1 Å². The summed E-state index contributed by atoms with van der Waals surface area (Å²) in [6, 6.07) is 18.8. The Morgan fingerprint density at radius 3 is 2.36 bits per heavy atom. The smallest absolute Gasteiger partial charge is 0.349 e. The van der Waals surface area contributed by atoms with Gasteiger partial charge in [0, 0.05) is 23.6 Å². The lowest BCUT2D eigenvalue weighted by Crippen LogP contribution is -2.55. The van der Waals surface area contributed by atoms with E-state index in [0.717, 1.165) is 12.1 Å². The molecular weight excluding hydrogens is 616 g/mol. The van der Waals surface area contributed by atoms with Crippen molar-refractivity contribution in [3.8, 4) is 11.8 Å². The summed E-state index contributed by atoms with van der Waals surface area (Å²) in [5.41, 5.74) is -0.679. The number of benzene rings is 3. The first kappa shape index (κ1) is 31.5. The molecule has 2 N–H and O–H groups in total. The number of fused-ring (bicyclic) bond motifs is 1. The van der Waals surface area contributed by atoms with Crippen LogP contribution >= 0.6 is 0 Å². The number of likely N-dealkylation sites (N-methyl/N-ethyl adjacent to an activating group) is 1. The van der Waals surface area contributed by atoms with Gasteiger partial charge < -0.3 is 10.6 Å². The zero-order chi connectivity index (χ0) is 33.5. The van der Waals surface area contributed by atoms with Gasteiger partial charge in [0.25, 0.3) is 11.8 Å². The molecule has 1 aliphatic heterocycles. The Bertz CT molecular complexity index is 1900. The first-order valence-corrected chi connectivity index (χ1v) is 14.9.